The average molecular weight is 801 g/mol. The van der Waals surface area contributed by atoms with E-state index < -0.39 is 5.54 Å². The van der Waals surface area contributed by atoms with Crippen molar-refractivity contribution >= 4 is 22.0 Å². The van der Waals surface area contributed by atoms with Crippen LogP contribution in [0, 0.1) is 13.8 Å². The zero-order chi connectivity index (χ0) is 42.5. The third-order valence-electron chi connectivity index (χ3n) is 12.5. The molecule has 0 spiro atoms. The molecule has 62 heavy (non-hydrogen) atoms. The highest BCUT2D eigenvalue weighted by molar-refractivity contribution is 5.94. The average Bonchev–Trinajstić information content (AvgIpc) is 3.33. The predicted molar refractivity (Wildman–Crippen MR) is 264 cm³/mol. The van der Waals surface area contributed by atoms with Gasteiger partial charge in [-0.2, -0.15) is 0 Å². The van der Waals surface area contributed by atoms with Gasteiger partial charge in [0, 0.05) is 11.3 Å². The van der Waals surface area contributed by atoms with E-state index in [1.54, 1.807) is 0 Å². The van der Waals surface area contributed by atoms with Gasteiger partial charge in [-0.1, -0.05) is 206 Å². The van der Waals surface area contributed by atoms with E-state index in [0.29, 0.717) is 5.70 Å². The van der Waals surface area contributed by atoms with Crippen molar-refractivity contribution in [3.63, 3.8) is 0 Å². The molecule has 0 aromatic heterocycles. The number of aryl methyl sites for hydroxylation is 2. The zero-order valence-corrected chi connectivity index (χ0v) is 35.6. The maximum absolute atomic E-state index is 7.58. The molecule has 1 aliphatic rings. The minimum absolute atomic E-state index is 0.669. The highest BCUT2D eigenvalue weighted by atomic mass is 14.8. The van der Waals surface area contributed by atoms with Crippen LogP contribution in [-0.4, -0.2) is 0 Å². The number of rotatable bonds is 11. The number of hydrogen-bond acceptors (Lipinski definition) is 2. The monoisotopic (exact) mass is 800 g/mol. The largest absolute Gasteiger partial charge is 0.398 e. The van der Waals surface area contributed by atoms with Crippen LogP contribution in [0.4, 0.5) is 0 Å². The van der Waals surface area contributed by atoms with Gasteiger partial charge in [-0.15, -0.1) is 0 Å². The van der Waals surface area contributed by atoms with E-state index in [0.717, 1.165) is 57.9 Å². The molecule has 0 heterocycles. The van der Waals surface area contributed by atoms with E-state index in [1.165, 1.54) is 55.6 Å². The van der Waals surface area contributed by atoms with E-state index in [4.69, 9.17) is 11.5 Å². The molecule has 1 aliphatic carbocycles. The lowest BCUT2D eigenvalue weighted by Crippen LogP contribution is -2.38. The normalized spacial score (nSPS) is 14.1. The standard InChI is InChI=1S/C60H52N2/c1-42-17-12-14-26-52(42)56-40-58(48-32-30-47(31-33-48)53(45-20-8-4-9-21-45)38-29-44-18-6-3-7-19-44)57(39-43(56)2)49-34-36-51(37-35-49)60(62,50-24-10-5-11-25-50)41-59(61)55-28-16-23-46-22-13-15-27-54(46)55/h3-10,12-24,26-28,30-41H,11,25,29,61-62H2,1-2H3/b53-38-,59-41-. The zero-order valence-electron chi connectivity index (χ0n) is 35.6. The van der Waals surface area contributed by atoms with Gasteiger partial charge in [-0.25, -0.2) is 0 Å². The minimum atomic E-state index is -0.905. The fraction of sp³-hybridized carbons (Fsp3) is 0.100. The lowest BCUT2D eigenvalue weighted by atomic mass is 9.78. The quantitative estimate of drug-likeness (QED) is 0.137. The molecule has 1 atom stereocenters. The maximum atomic E-state index is 7.58. The van der Waals surface area contributed by atoms with Gasteiger partial charge in [-0.05, 0) is 134 Å². The fourth-order valence-electron chi connectivity index (χ4n) is 9.07. The Morgan fingerprint density at radius 1 is 0.581 bits per heavy atom. The Labute approximate surface area is 366 Å². The lowest BCUT2D eigenvalue weighted by Gasteiger charge is -2.32. The summed E-state index contributed by atoms with van der Waals surface area (Å²) in [7, 11) is 0. The second-order valence-corrected chi connectivity index (χ2v) is 16.5. The van der Waals surface area contributed by atoms with Gasteiger partial charge in [0.15, 0.2) is 0 Å². The van der Waals surface area contributed by atoms with Crippen LogP contribution in [0.2, 0.25) is 0 Å². The summed E-state index contributed by atoms with van der Waals surface area (Å²) in [6.07, 6.45) is 13.6. The Morgan fingerprint density at radius 3 is 1.94 bits per heavy atom. The molecular weight excluding hydrogens is 749 g/mol. The molecule has 0 saturated heterocycles. The lowest BCUT2D eigenvalue weighted by molar-refractivity contribution is 0.625. The Morgan fingerprint density at radius 2 is 1.21 bits per heavy atom. The molecule has 0 aliphatic heterocycles. The van der Waals surface area contributed by atoms with Gasteiger partial charge >= 0.3 is 0 Å². The van der Waals surface area contributed by atoms with E-state index in [1.807, 2.05) is 0 Å². The molecule has 2 nitrogen and oxygen atoms in total. The molecule has 4 N–H and O–H groups in total. The van der Waals surface area contributed by atoms with Crippen LogP contribution in [0.3, 0.4) is 0 Å². The number of allylic oxidation sites excluding steroid dienone is 4. The van der Waals surface area contributed by atoms with Gasteiger partial charge in [0.2, 0.25) is 0 Å². The van der Waals surface area contributed by atoms with Crippen molar-refractivity contribution in [1.82, 2.24) is 0 Å². The second kappa shape index (κ2) is 17.8. The SMILES string of the molecule is Cc1ccccc1-c1cc(-c2ccc(/C(=C\Cc3ccccc3)c3ccccc3)cc2)c(-c2ccc(C(N)(/C=C(\N)c3cccc4ccccc34)C3=CC=CCC3)cc2)cc1C. The molecule has 0 radical (unpaired) electrons. The molecule has 0 bridgehead atoms. The minimum Gasteiger partial charge on any atom is -0.398 e. The van der Waals surface area contributed by atoms with Gasteiger partial charge in [0.1, 0.15) is 0 Å². The molecule has 302 valence electrons. The summed E-state index contributed by atoms with van der Waals surface area (Å²) in [6.45, 7) is 4.42. The molecule has 2 heteroatoms. The van der Waals surface area contributed by atoms with E-state index in [2.05, 4.69) is 232 Å². The summed E-state index contributed by atoms with van der Waals surface area (Å²) in [5.41, 5.74) is 32.0. The summed E-state index contributed by atoms with van der Waals surface area (Å²) in [5.74, 6) is 0. The third-order valence-corrected chi connectivity index (χ3v) is 12.5. The first kappa shape index (κ1) is 40.2. The molecule has 0 saturated carbocycles. The molecule has 0 amide bonds. The molecule has 8 aromatic rings. The molecular formula is C60H52N2. The molecule has 0 fully saturated rings. The van der Waals surface area contributed by atoms with Crippen LogP contribution >= 0.6 is 0 Å². The summed E-state index contributed by atoms with van der Waals surface area (Å²) >= 11 is 0. The Kier molecular flexibility index (Phi) is 11.5. The van der Waals surface area contributed by atoms with Gasteiger partial charge in [0.25, 0.3) is 0 Å². The van der Waals surface area contributed by atoms with Crippen LogP contribution < -0.4 is 11.5 Å². The molecule has 8 aromatic carbocycles. The second-order valence-electron chi connectivity index (χ2n) is 16.5. The van der Waals surface area contributed by atoms with E-state index >= 15 is 0 Å². The smallest absolute Gasteiger partial charge is 0.0838 e. The first-order valence-corrected chi connectivity index (χ1v) is 21.7. The fourth-order valence-corrected chi connectivity index (χ4v) is 9.07. The van der Waals surface area contributed by atoms with Crippen LogP contribution in [0.15, 0.2) is 224 Å². The first-order valence-electron chi connectivity index (χ1n) is 21.7. The van der Waals surface area contributed by atoms with Crippen LogP contribution in [0.1, 0.15) is 51.8 Å². The van der Waals surface area contributed by atoms with E-state index in [-0.39, 0.29) is 0 Å². The van der Waals surface area contributed by atoms with Gasteiger partial charge in [0.05, 0.1) is 5.54 Å². The van der Waals surface area contributed by atoms with Crippen LogP contribution in [0.5, 0.6) is 0 Å². The number of benzene rings is 8. The highest BCUT2D eigenvalue weighted by Crippen LogP contribution is 2.42. The summed E-state index contributed by atoms with van der Waals surface area (Å²) in [6, 6.07) is 67.4. The van der Waals surface area contributed by atoms with Crippen molar-refractivity contribution < 1.29 is 0 Å². The van der Waals surface area contributed by atoms with Crippen molar-refractivity contribution in [1.29, 1.82) is 0 Å². The predicted octanol–water partition coefficient (Wildman–Crippen LogP) is 14.6. The van der Waals surface area contributed by atoms with Crippen LogP contribution in [-0.2, 0) is 12.0 Å². The summed E-state index contributed by atoms with van der Waals surface area (Å²) in [4.78, 5) is 0. The highest BCUT2D eigenvalue weighted by Gasteiger charge is 2.31. The van der Waals surface area contributed by atoms with Gasteiger partial charge in [-0.3, -0.25) is 0 Å². The van der Waals surface area contributed by atoms with Crippen LogP contribution in [0.25, 0.3) is 55.4 Å². The summed E-state index contributed by atoms with van der Waals surface area (Å²) in [5, 5.41) is 2.27. The number of nitrogens with two attached hydrogens (primary N) is 2. The van der Waals surface area contributed by atoms with Crippen molar-refractivity contribution in [2.75, 3.05) is 0 Å². The van der Waals surface area contributed by atoms with Crippen molar-refractivity contribution in [2.45, 2.75) is 38.6 Å². The van der Waals surface area contributed by atoms with E-state index in [9.17, 15) is 0 Å². The van der Waals surface area contributed by atoms with Crippen molar-refractivity contribution in [3.05, 3.63) is 263 Å². The maximum Gasteiger partial charge on any atom is 0.0838 e. The Hall–Kier alpha value is -7.26. The first-order chi connectivity index (χ1) is 30.4. The van der Waals surface area contributed by atoms with Gasteiger partial charge < -0.3 is 11.5 Å². The Balaban J connectivity index is 1.14. The molecule has 9 rings (SSSR count). The topological polar surface area (TPSA) is 52.0 Å². The van der Waals surface area contributed by atoms with Crippen molar-refractivity contribution in [3.8, 4) is 33.4 Å². The number of fused-ring (bicyclic) bond motifs is 1. The summed E-state index contributed by atoms with van der Waals surface area (Å²) < 4.78 is 0. The Bertz CT molecular complexity index is 2980. The van der Waals surface area contributed by atoms with Crippen molar-refractivity contribution in [2.24, 2.45) is 11.5 Å². The molecule has 1 unspecified atom stereocenters. The number of hydrogen-bond donors (Lipinski definition) is 2. The third kappa shape index (κ3) is 8.26.